The van der Waals surface area contributed by atoms with Crippen molar-refractivity contribution in [1.82, 2.24) is 0 Å². The molecule has 1 rings (SSSR count). The standard InChI is InChI=1S/C15H22O4S/c1-4-5-6-14(15(16)17)20(18,19)10-13-8-11(2)7-12(3)9-13/h7-9,14H,4-6,10H2,1-3H3,(H,16,17). The lowest BCUT2D eigenvalue weighted by Gasteiger charge is -2.14. The zero-order chi connectivity index (χ0) is 15.3. The molecule has 0 aromatic heterocycles. The first-order chi connectivity index (χ1) is 9.26. The van der Waals surface area contributed by atoms with E-state index in [1.54, 1.807) is 12.1 Å². The number of carbonyl (C=O) groups is 1. The van der Waals surface area contributed by atoms with E-state index in [0.717, 1.165) is 17.5 Å². The first kappa shape index (κ1) is 16.7. The Labute approximate surface area is 120 Å². The van der Waals surface area contributed by atoms with Crippen molar-refractivity contribution in [3.05, 3.63) is 34.9 Å². The molecule has 4 nitrogen and oxygen atoms in total. The van der Waals surface area contributed by atoms with Crippen LogP contribution in [0.3, 0.4) is 0 Å². The number of aliphatic carboxylic acids is 1. The van der Waals surface area contributed by atoms with Gasteiger partial charge in [0.1, 0.15) is 0 Å². The van der Waals surface area contributed by atoms with Crippen molar-refractivity contribution in [2.45, 2.75) is 51.0 Å². The first-order valence-electron chi connectivity index (χ1n) is 6.78. The minimum atomic E-state index is -3.68. The van der Waals surface area contributed by atoms with Crippen molar-refractivity contribution in [3.8, 4) is 0 Å². The Bertz CT molecular complexity index is 555. The van der Waals surface area contributed by atoms with Crippen molar-refractivity contribution in [3.63, 3.8) is 0 Å². The Morgan fingerprint density at radius 3 is 2.20 bits per heavy atom. The molecule has 1 aromatic rings. The first-order valence-corrected chi connectivity index (χ1v) is 8.49. The molecular formula is C15H22O4S. The predicted octanol–water partition coefficient (Wildman–Crippen LogP) is 2.86. The number of aryl methyl sites for hydroxylation is 2. The second-order valence-electron chi connectivity index (χ2n) is 5.27. The fraction of sp³-hybridized carbons (Fsp3) is 0.533. The Balaban J connectivity index is 2.99. The molecule has 0 bridgehead atoms. The summed E-state index contributed by atoms with van der Waals surface area (Å²) >= 11 is 0. The lowest BCUT2D eigenvalue weighted by atomic mass is 10.1. The van der Waals surface area contributed by atoms with Gasteiger partial charge in [-0.1, -0.05) is 49.1 Å². The average Bonchev–Trinajstić information content (AvgIpc) is 2.26. The molecule has 1 N–H and O–H groups in total. The number of hydrogen-bond acceptors (Lipinski definition) is 3. The van der Waals surface area contributed by atoms with E-state index in [2.05, 4.69) is 0 Å². The minimum Gasteiger partial charge on any atom is -0.480 e. The molecule has 20 heavy (non-hydrogen) atoms. The Morgan fingerprint density at radius 2 is 1.75 bits per heavy atom. The molecule has 0 saturated heterocycles. The Kier molecular flexibility index (Phi) is 5.74. The van der Waals surface area contributed by atoms with Gasteiger partial charge in [-0.15, -0.1) is 0 Å². The summed E-state index contributed by atoms with van der Waals surface area (Å²) in [6, 6.07) is 5.55. The summed E-state index contributed by atoms with van der Waals surface area (Å²) in [5.74, 6) is -1.46. The van der Waals surface area contributed by atoms with Crippen LogP contribution < -0.4 is 0 Å². The van der Waals surface area contributed by atoms with Crippen molar-refractivity contribution >= 4 is 15.8 Å². The van der Waals surface area contributed by atoms with E-state index in [1.165, 1.54) is 0 Å². The zero-order valence-corrected chi connectivity index (χ0v) is 13.0. The summed E-state index contributed by atoms with van der Waals surface area (Å²) < 4.78 is 24.6. The molecule has 1 unspecified atom stereocenters. The quantitative estimate of drug-likeness (QED) is 0.840. The molecule has 1 aromatic carbocycles. The van der Waals surface area contributed by atoms with Gasteiger partial charge in [-0.2, -0.15) is 0 Å². The fourth-order valence-corrected chi connectivity index (χ4v) is 4.00. The Morgan fingerprint density at radius 1 is 1.20 bits per heavy atom. The highest BCUT2D eigenvalue weighted by atomic mass is 32.2. The Hall–Kier alpha value is -1.36. The second-order valence-corrected chi connectivity index (χ2v) is 7.46. The van der Waals surface area contributed by atoms with Gasteiger partial charge in [0.15, 0.2) is 15.1 Å². The SMILES string of the molecule is CCCCC(C(=O)O)S(=O)(=O)Cc1cc(C)cc(C)c1. The molecule has 5 heteroatoms. The van der Waals surface area contributed by atoms with Crippen molar-refractivity contribution in [1.29, 1.82) is 0 Å². The molecule has 0 heterocycles. The summed E-state index contributed by atoms with van der Waals surface area (Å²) in [5, 5.41) is 7.84. The maximum absolute atomic E-state index is 12.3. The van der Waals surface area contributed by atoms with E-state index in [4.69, 9.17) is 5.11 Å². The van der Waals surface area contributed by atoms with Gasteiger partial charge in [0.05, 0.1) is 5.75 Å². The highest BCUT2D eigenvalue weighted by molar-refractivity contribution is 7.92. The van der Waals surface area contributed by atoms with Crippen LogP contribution in [0.1, 0.15) is 42.9 Å². The molecule has 112 valence electrons. The lowest BCUT2D eigenvalue weighted by Crippen LogP contribution is -2.31. The van der Waals surface area contributed by atoms with Gasteiger partial charge in [0.25, 0.3) is 0 Å². The number of hydrogen-bond donors (Lipinski definition) is 1. The third kappa shape index (κ3) is 4.63. The number of sulfone groups is 1. The summed E-state index contributed by atoms with van der Waals surface area (Å²) in [7, 11) is -3.68. The van der Waals surface area contributed by atoms with Crippen LogP contribution >= 0.6 is 0 Å². The van der Waals surface area contributed by atoms with Crippen molar-refractivity contribution in [2.75, 3.05) is 0 Å². The van der Waals surface area contributed by atoms with Crippen LogP contribution in [0.5, 0.6) is 0 Å². The average molecular weight is 298 g/mol. The van der Waals surface area contributed by atoms with Crippen LogP contribution in [0.4, 0.5) is 0 Å². The van der Waals surface area contributed by atoms with E-state index in [1.807, 2.05) is 26.8 Å². The van der Waals surface area contributed by atoms with Crippen LogP contribution in [0, 0.1) is 13.8 Å². The van der Waals surface area contributed by atoms with Crippen molar-refractivity contribution < 1.29 is 18.3 Å². The van der Waals surface area contributed by atoms with Crippen molar-refractivity contribution in [2.24, 2.45) is 0 Å². The zero-order valence-electron chi connectivity index (χ0n) is 12.2. The van der Waals surface area contributed by atoms with Crippen LogP contribution in [0.15, 0.2) is 18.2 Å². The number of carboxylic acid groups (broad SMARTS) is 1. The highest BCUT2D eigenvalue weighted by Gasteiger charge is 2.31. The van der Waals surface area contributed by atoms with E-state index >= 15 is 0 Å². The summed E-state index contributed by atoms with van der Waals surface area (Å²) in [6.45, 7) is 5.71. The molecule has 0 amide bonds. The predicted molar refractivity (Wildman–Crippen MR) is 79.5 cm³/mol. The van der Waals surface area contributed by atoms with Crippen LogP contribution in [0.2, 0.25) is 0 Å². The lowest BCUT2D eigenvalue weighted by molar-refractivity contribution is -0.136. The molecule has 1 atom stereocenters. The van der Waals surface area contributed by atoms with Crippen LogP contribution in [-0.4, -0.2) is 24.7 Å². The maximum atomic E-state index is 12.3. The number of benzene rings is 1. The molecule has 0 aliphatic rings. The molecule has 0 spiro atoms. The summed E-state index contributed by atoms with van der Waals surface area (Å²) in [6.07, 6.45) is 1.56. The summed E-state index contributed by atoms with van der Waals surface area (Å²) in [5.41, 5.74) is 2.62. The smallest absolute Gasteiger partial charge is 0.321 e. The van der Waals surface area contributed by atoms with Gasteiger partial charge in [-0.05, 0) is 25.8 Å². The number of rotatable bonds is 7. The van der Waals surface area contributed by atoms with E-state index in [0.29, 0.717) is 12.0 Å². The number of unbranched alkanes of at least 4 members (excludes halogenated alkanes) is 1. The maximum Gasteiger partial charge on any atom is 0.321 e. The van der Waals surface area contributed by atoms with Gasteiger partial charge in [0, 0.05) is 0 Å². The molecule has 0 saturated carbocycles. The van der Waals surface area contributed by atoms with Gasteiger partial charge in [-0.3, -0.25) is 4.79 Å². The topological polar surface area (TPSA) is 71.4 Å². The van der Waals surface area contributed by atoms with Crippen LogP contribution in [0.25, 0.3) is 0 Å². The minimum absolute atomic E-state index is 0.180. The highest BCUT2D eigenvalue weighted by Crippen LogP contribution is 2.18. The second kappa shape index (κ2) is 6.88. The molecule has 0 aliphatic heterocycles. The molecule has 0 aliphatic carbocycles. The third-order valence-electron chi connectivity index (χ3n) is 3.18. The van der Waals surface area contributed by atoms with E-state index < -0.39 is 21.1 Å². The molecular weight excluding hydrogens is 276 g/mol. The molecule has 0 radical (unpaired) electrons. The monoisotopic (exact) mass is 298 g/mol. The normalized spacial score (nSPS) is 13.2. The van der Waals surface area contributed by atoms with Gasteiger partial charge in [0.2, 0.25) is 0 Å². The van der Waals surface area contributed by atoms with E-state index in [9.17, 15) is 13.2 Å². The van der Waals surface area contributed by atoms with Crippen LogP contribution in [-0.2, 0) is 20.4 Å². The largest absolute Gasteiger partial charge is 0.480 e. The van der Waals surface area contributed by atoms with Gasteiger partial charge >= 0.3 is 5.97 Å². The van der Waals surface area contributed by atoms with Gasteiger partial charge in [-0.25, -0.2) is 8.42 Å². The van der Waals surface area contributed by atoms with Gasteiger partial charge < -0.3 is 5.11 Å². The third-order valence-corrected chi connectivity index (χ3v) is 5.22. The fourth-order valence-electron chi connectivity index (χ4n) is 2.33. The summed E-state index contributed by atoms with van der Waals surface area (Å²) in [4.78, 5) is 11.2. The molecule has 0 fully saturated rings. The van der Waals surface area contributed by atoms with E-state index in [-0.39, 0.29) is 12.2 Å². The number of carboxylic acids is 1.